The van der Waals surface area contributed by atoms with Crippen LogP contribution in [-0.2, 0) is 11.3 Å². The van der Waals surface area contributed by atoms with Crippen molar-refractivity contribution in [3.63, 3.8) is 0 Å². The van der Waals surface area contributed by atoms with Crippen LogP contribution in [0.3, 0.4) is 0 Å². The topological polar surface area (TPSA) is 50.8 Å². The highest BCUT2D eigenvalue weighted by atomic mass is 16.5. The van der Waals surface area contributed by atoms with Crippen molar-refractivity contribution in [1.29, 1.82) is 0 Å². The molecule has 0 aliphatic rings. The Balaban J connectivity index is 2.05. The van der Waals surface area contributed by atoms with Gasteiger partial charge in [0.15, 0.2) is 11.5 Å². The van der Waals surface area contributed by atoms with Crippen LogP contribution < -0.4 is 14.8 Å². The molecule has 2 aromatic rings. The Kier molecular flexibility index (Phi) is 7.25. The van der Waals surface area contributed by atoms with Crippen molar-refractivity contribution in [3.05, 3.63) is 52.6 Å². The van der Waals surface area contributed by atoms with Gasteiger partial charge in [-0.3, -0.25) is 9.69 Å². The van der Waals surface area contributed by atoms with Gasteiger partial charge in [0.25, 0.3) is 0 Å². The predicted molar refractivity (Wildman–Crippen MR) is 110 cm³/mol. The van der Waals surface area contributed by atoms with Crippen LogP contribution in [0.5, 0.6) is 11.5 Å². The number of carbonyl (C=O) groups excluding carboxylic acids is 1. The summed E-state index contributed by atoms with van der Waals surface area (Å²) in [4.78, 5) is 14.7. The van der Waals surface area contributed by atoms with E-state index in [-0.39, 0.29) is 5.91 Å². The monoisotopic (exact) mass is 370 g/mol. The molecule has 1 N–H and O–H groups in total. The van der Waals surface area contributed by atoms with Crippen LogP contribution in [0.25, 0.3) is 0 Å². The summed E-state index contributed by atoms with van der Waals surface area (Å²) in [6.45, 7) is 9.93. The van der Waals surface area contributed by atoms with Crippen molar-refractivity contribution in [2.24, 2.45) is 0 Å². The van der Waals surface area contributed by atoms with Crippen LogP contribution in [0.2, 0.25) is 0 Å². The first kappa shape index (κ1) is 20.8. The Morgan fingerprint density at radius 2 is 1.63 bits per heavy atom. The number of ether oxygens (including phenoxy) is 2. The fourth-order valence-electron chi connectivity index (χ4n) is 3.28. The molecule has 2 rings (SSSR count). The molecular weight excluding hydrogens is 340 g/mol. The molecule has 0 saturated heterocycles. The number of likely N-dealkylation sites (N-methyl/N-ethyl adjacent to an activating group) is 1. The van der Waals surface area contributed by atoms with Crippen LogP contribution in [0, 0.1) is 20.8 Å². The summed E-state index contributed by atoms with van der Waals surface area (Å²) in [5.41, 5.74) is 5.36. The molecule has 0 aliphatic carbocycles. The largest absolute Gasteiger partial charge is 0.493 e. The Hall–Kier alpha value is -2.53. The highest BCUT2D eigenvalue weighted by Crippen LogP contribution is 2.28. The zero-order chi connectivity index (χ0) is 20.0. The van der Waals surface area contributed by atoms with E-state index < -0.39 is 0 Å². The van der Waals surface area contributed by atoms with Crippen LogP contribution in [0.1, 0.15) is 29.2 Å². The summed E-state index contributed by atoms with van der Waals surface area (Å²) in [5, 5.41) is 3.07. The lowest BCUT2D eigenvalue weighted by molar-refractivity contribution is -0.117. The summed E-state index contributed by atoms with van der Waals surface area (Å²) in [6, 6.07) is 10.0. The Morgan fingerprint density at radius 3 is 2.19 bits per heavy atom. The van der Waals surface area contributed by atoms with Gasteiger partial charge in [-0.15, -0.1) is 0 Å². The quantitative estimate of drug-likeness (QED) is 0.760. The molecule has 27 heavy (non-hydrogen) atoms. The second-order valence-corrected chi connectivity index (χ2v) is 6.81. The van der Waals surface area contributed by atoms with E-state index in [1.807, 2.05) is 32.0 Å². The van der Waals surface area contributed by atoms with Gasteiger partial charge in [-0.1, -0.05) is 30.7 Å². The van der Waals surface area contributed by atoms with Crippen molar-refractivity contribution < 1.29 is 14.3 Å². The van der Waals surface area contributed by atoms with E-state index in [1.165, 1.54) is 5.56 Å². The molecule has 1 amide bonds. The molecule has 0 bridgehead atoms. The average Bonchev–Trinajstić information content (AvgIpc) is 2.63. The van der Waals surface area contributed by atoms with E-state index in [1.54, 1.807) is 14.2 Å². The number of anilines is 1. The zero-order valence-electron chi connectivity index (χ0n) is 17.2. The van der Waals surface area contributed by atoms with Crippen LogP contribution in [0.4, 0.5) is 5.69 Å². The fourth-order valence-corrected chi connectivity index (χ4v) is 3.28. The second-order valence-electron chi connectivity index (χ2n) is 6.81. The average molecular weight is 370 g/mol. The van der Waals surface area contributed by atoms with Gasteiger partial charge >= 0.3 is 0 Å². The number of nitrogens with one attached hydrogen (secondary N) is 1. The van der Waals surface area contributed by atoms with Gasteiger partial charge in [0.05, 0.1) is 20.8 Å². The number of nitrogens with zero attached hydrogens (tertiary/aromatic N) is 1. The molecule has 5 nitrogen and oxygen atoms in total. The maximum Gasteiger partial charge on any atom is 0.238 e. The number of hydrogen-bond donors (Lipinski definition) is 1. The molecule has 0 aromatic heterocycles. The number of benzene rings is 2. The minimum atomic E-state index is -0.00706. The zero-order valence-corrected chi connectivity index (χ0v) is 17.2. The van der Waals surface area contributed by atoms with Crippen LogP contribution in [0.15, 0.2) is 30.3 Å². The van der Waals surface area contributed by atoms with Crippen molar-refractivity contribution in [3.8, 4) is 11.5 Å². The summed E-state index contributed by atoms with van der Waals surface area (Å²) in [5.74, 6) is 1.39. The third-order valence-corrected chi connectivity index (χ3v) is 4.61. The fraction of sp³-hybridized carbons (Fsp3) is 0.409. The number of amides is 1. The summed E-state index contributed by atoms with van der Waals surface area (Å²) in [6.07, 6.45) is 0. The minimum Gasteiger partial charge on any atom is -0.493 e. The SMILES string of the molecule is CCN(CC(=O)Nc1c(C)cc(C)cc1C)Cc1ccc(OC)c(OC)c1. The van der Waals surface area contributed by atoms with Gasteiger partial charge in [0.1, 0.15) is 0 Å². The third-order valence-electron chi connectivity index (χ3n) is 4.61. The smallest absolute Gasteiger partial charge is 0.238 e. The number of hydrogen-bond acceptors (Lipinski definition) is 4. The molecule has 0 aliphatic heterocycles. The van der Waals surface area contributed by atoms with Crippen molar-refractivity contribution in [2.75, 3.05) is 32.6 Å². The lowest BCUT2D eigenvalue weighted by Crippen LogP contribution is -2.33. The molecule has 0 heterocycles. The first-order valence-electron chi connectivity index (χ1n) is 9.18. The molecule has 0 unspecified atom stereocenters. The Morgan fingerprint density at radius 1 is 1.00 bits per heavy atom. The molecule has 0 fully saturated rings. The molecular formula is C22H30N2O3. The van der Waals surface area contributed by atoms with Gasteiger partial charge in [-0.05, 0) is 56.1 Å². The highest BCUT2D eigenvalue weighted by molar-refractivity contribution is 5.93. The van der Waals surface area contributed by atoms with Gasteiger partial charge < -0.3 is 14.8 Å². The lowest BCUT2D eigenvalue weighted by Gasteiger charge is -2.21. The van der Waals surface area contributed by atoms with Gasteiger partial charge in [0.2, 0.25) is 5.91 Å². The minimum absolute atomic E-state index is 0.00706. The first-order chi connectivity index (χ1) is 12.9. The maximum absolute atomic E-state index is 12.6. The number of carbonyl (C=O) groups is 1. The summed E-state index contributed by atoms with van der Waals surface area (Å²) in [7, 11) is 3.24. The maximum atomic E-state index is 12.6. The van der Waals surface area contributed by atoms with Gasteiger partial charge in [0, 0.05) is 12.2 Å². The van der Waals surface area contributed by atoms with Crippen molar-refractivity contribution >= 4 is 11.6 Å². The van der Waals surface area contributed by atoms with Crippen LogP contribution >= 0.6 is 0 Å². The van der Waals surface area contributed by atoms with Crippen molar-refractivity contribution in [2.45, 2.75) is 34.2 Å². The van der Waals surface area contributed by atoms with Gasteiger partial charge in [-0.25, -0.2) is 0 Å². The molecule has 2 aromatic carbocycles. The number of rotatable bonds is 8. The van der Waals surface area contributed by atoms with Gasteiger partial charge in [-0.2, -0.15) is 0 Å². The predicted octanol–water partition coefficient (Wildman–Crippen LogP) is 4.09. The standard InChI is InChI=1S/C22H30N2O3/c1-7-24(13-18-8-9-19(26-5)20(12-18)27-6)14-21(25)23-22-16(3)10-15(2)11-17(22)4/h8-12H,7,13-14H2,1-6H3,(H,23,25). The van der Waals surface area contributed by atoms with E-state index in [9.17, 15) is 4.79 Å². The molecule has 146 valence electrons. The van der Waals surface area contributed by atoms with E-state index in [4.69, 9.17) is 9.47 Å². The van der Waals surface area contributed by atoms with E-state index >= 15 is 0 Å². The second kappa shape index (κ2) is 9.42. The molecule has 5 heteroatoms. The van der Waals surface area contributed by atoms with E-state index in [0.29, 0.717) is 24.6 Å². The summed E-state index contributed by atoms with van der Waals surface area (Å²) >= 11 is 0. The summed E-state index contributed by atoms with van der Waals surface area (Å²) < 4.78 is 10.6. The Labute approximate surface area is 162 Å². The first-order valence-corrected chi connectivity index (χ1v) is 9.18. The molecule has 0 spiro atoms. The molecule has 0 saturated carbocycles. The molecule has 0 radical (unpaired) electrons. The van der Waals surface area contributed by atoms with E-state index in [0.717, 1.165) is 28.9 Å². The van der Waals surface area contributed by atoms with E-state index in [2.05, 4.69) is 36.2 Å². The van der Waals surface area contributed by atoms with Crippen molar-refractivity contribution in [1.82, 2.24) is 4.90 Å². The third kappa shape index (κ3) is 5.47. The van der Waals surface area contributed by atoms with Crippen LogP contribution in [-0.4, -0.2) is 38.1 Å². The lowest BCUT2D eigenvalue weighted by atomic mass is 10.1. The number of methoxy groups -OCH3 is 2. The number of aryl methyl sites for hydroxylation is 3. The molecule has 0 atom stereocenters. The Bertz CT molecular complexity index is 779. The highest BCUT2D eigenvalue weighted by Gasteiger charge is 2.14. The normalized spacial score (nSPS) is 10.8.